The zero-order valence-corrected chi connectivity index (χ0v) is 17.9. The van der Waals surface area contributed by atoms with Crippen LogP contribution >= 0.6 is 0 Å². The molecule has 29 heavy (non-hydrogen) atoms. The van der Waals surface area contributed by atoms with Crippen molar-refractivity contribution >= 4 is 11.6 Å². The number of hydrogen-bond acceptors (Lipinski definition) is 3. The van der Waals surface area contributed by atoms with Gasteiger partial charge in [-0.2, -0.15) is 0 Å². The number of carbonyl (C=O) groups excluding carboxylic acids is 1. The third-order valence-electron chi connectivity index (χ3n) is 8.41. The lowest BCUT2D eigenvalue weighted by Gasteiger charge is -2.37. The Balaban J connectivity index is 1.21. The summed E-state index contributed by atoms with van der Waals surface area (Å²) in [6, 6.07) is 10.6. The number of benzene rings is 1. The maximum Gasteiger partial charge on any atom is 0.233 e. The van der Waals surface area contributed by atoms with Gasteiger partial charge in [0, 0.05) is 37.5 Å². The molecule has 3 aliphatic heterocycles. The van der Waals surface area contributed by atoms with Crippen LogP contribution in [-0.4, -0.2) is 49.2 Å². The van der Waals surface area contributed by atoms with E-state index in [0.717, 1.165) is 56.8 Å². The van der Waals surface area contributed by atoms with Gasteiger partial charge in [0.2, 0.25) is 5.91 Å². The van der Waals surface area contributed by atoms with Gasteiger partial charge in [0.05, 0.1) is 5.41 Å². The molecule has 4 heteroatoms. The summed E-state index contributed by atoms with van der Waals surface area (Å²) in [4.78, 5) is 17.9. The quantitative estimate of drug-likeness (QED) is 0.740. The minimum atomic E-state index is -0.151. The van der Waals surface area contributed by atoms with E-state index >= 15 is 0 Å². The van der Waals surface area contributed by atoms with Crippen molar-refractivity contribution < 1.29 is 9.53 Å². The number of likely N-dealkylation sites (tertiary alicyclic amines) is 1. The van der Waals surface area contributed by atoms with E-state index < -0.39 is 0 Å². The number of hydrogen-bond donors (Lipinski definition) is 0. The molecule has 1 aromatic rings. The first-order valence-electron chi connectivity index (χ1n) is 11.9. The van der Waals surface area contributed by atoms with E-state index in [2.05, 4.69) is 36.1 Å². The van der Waals surface area contributed by atoms with E-state index in [1.54, 1.807) is 0 Å². The molecule has 4 nitrogen and oxygen atoms in total. The third kappa shape index (κ3) is 3.63. The molecule has 1 saturated carbocycles. The minimum Gasteiger partial charge on any atom is -0.381 e. The van der Waals surface area contributed by atoms with Crippen LogP contribution in [0.3, 0.4) is 0 Å². The summed E-state index contributed by atoms with van der Waals surface area (Å²) in [5.41, 5.74) is 2.40. The monoisotopic (exact) mass is 396 g/mol. The first-order valence-corrected chi connectivity index (χ1v) is 11.9. The first kappa shape index (κ1) is 19.6. The van der Waals surface area contributed by atoms with E-state index in [1.165, 1.54) is 50.6 Å². The van der Waals surface area contributed by atoms with Crippen LogP contribution in [0.1, 0.15) is 76.2 Å². The fourth-order valence-electron chi connectivity index (χ4n) is 6.46. The maximum absolute atomic E-state index is 13.1. The van der Waals surface area contributed by atoms with E-state index in [1.807, 2.05) is 4.90 Å². The van der Waals surface area contributed by atoms with Gasteiger partial charge in [0.1, 0.15) is 0 Å². The Kier molecular flexibility index (Phi) is 5.42. The number of carbonyl (C=O) groups is 1. The lowest BCUT2D eigenvalue weighted by atomic mass is 9.79. The van der Waals surface area contributed by atoms with Gasteiger partial charge in [0.15, 0.2) is 0 Å². The summed E-state index contributed by atoms with van der Waals surface area (Å²) < 4.78 is 5.50. The van der Waals surface area contributed by atoms with Crippen LogP contribution in [0.5, 0.6) is 0 Å². The molecule has 0 aromatic heterocycles. The van der Waals surface area contributed by atoms with Crippen LogP contribution in [-0.2, 0) is 9.53 Å². The molecule has 1 unspecified atom stereocenters. The normalized spacial score (nSPS) is 32.9. The van der Waals surface area contributed by atoms with Crippen molar-refractivity contribution in [3.05, 3.63) is 29.8 Å². The van der Waals surface area contributed by atoms with Gasteiger partial charge >= 0.3 is 0 Å². The predicted octanol–water partition coefficient (Wildman–Crippen LogP) is 4.73. The van der Waals surface area contributed by atoms with Gasteiger partial charge in [-0.3, -0.25) is 9.69 Å². The standard InChI is InChI=1S/C25H36N2O2/c1-19-3-2-15-26(19)22-8-4-20(5-9-22)21-6-10-23(11-7-21)27-16-12-25(24(27)28)13-17-29-18-14-25/h6-7,10-11,19-20,22H,2-5,8-9,12-18H2,1H3. The molecule has 0 bridgehead atoms. The molecule has 1 atom stereocenters. The van der Waals surface area contributed by atoms with Crippen molar-refractivity contribution in [2.24, 2.45) is 5.41 Å². The minimum absolute atomic E-state index is 0.151. The molecular formula is C25H36N2O2. The summed E-state index contributed by atoms with van der Waals surface area (Å²) in [6.07, 6.45) is 10.8. The topological polar surface area (TPSA) is 32.8 Å². The van der Waals surface area contributed by atoms with E-state index in [0.29, 0.717) is 11.8 Å². The molecule has 4 aliphatic rings. The Hall–Kier alpha value is -1.39. The molecule has 1 spiro atoms. The summed E-state index contributed by atoms with van der Waals surface area (Å²) >= 11 is 0. The van der Waals surface area contributed by atoms with Crippen LogP contribution in [0.2, 0.25) is 0 Å². The smallest absolute Gasteiger partial charge is 0.233 e. The molecule has 1 aromatic carbocycles. The molecule has 3 heterocycles. The van der Waals surface area contributed by atoms with Gasteiger partial charge < -0.3 is 9.64 Å². The van der Waals surface area contributed by atoms with Crippen LogP contribution in [0.4, 0.5) is 5.69 Å². The lowest BCUT2D eigenvalue weighted by molar-refractivity contribution is -0.130. The Morgan fingerprint density at radius 2 is 1.66 bits per heavy atom. The molecule has 158 valence electrons. The van der Waals surface area contributed by atoms with Gasteiger partial charge in [-0.15, -0.1) is 0 Å². The summed E-state index contributed by atoms with van der Waals surface area (Å²) in [5.74, 6) is 1.02. The average Bonchev–Trinajstić information content (AvgIpc) is 3.33. The molecule has 0 N–H and O–H groups in total. The average molecular weight is 397 g/mol. The summed E-state index contributed by atoms with van der Waals surface area (Å²) in [6.45, 7) is 6.04. The van der Waals surface area contributed by atoms with E-state index in [4.69, 9.17) is 4.74 Å². The Morgan fingerprint density at radius 1 is 0.931 bits per heavy atom. The van der Waals surface area contributed by atoms with Crippen molar-refractivity contribution in [2.75, 3.05) is 31.2 Å². The van der Waals surface area contributed by atoms with E-state index in [9.17, 15) is 4.79 Å². The SMILES string of the molecule is CC1CCCN1C1CCC(c2ccc(N3CCC4(CCOCC4)C3=O)cc2)CC1. The first-order chi connectivity index (χ1) is 14.2. The fraction of sp³-hybridized carbons (Fsp3) is 0.720. The molecule has 5 rings (SSSR count). The number of rotatable bonds is 3. The highest BCUT2D eigenvalue weighted by Crippen LogP contribution is 2.43. The second kappa shape index (κ2) is 8.03. The highest BCUT2D eigenvalue weighted by molar-refractivity contribution is 5.99. The van der Waals surface area contributed by atoms with Crippen molar-refractivity contribution in [3.8, 4) is 0 Å². The van der Waals surface area contributed by atoms with Crippen molar-refractivity contribution in [1.29, 1.82) is 0 Å². The second-order valence-corrected chi connectivity index (χ2v) is 9.93. The Morgan fingerprint density at radius 3 is 2.31 bits per heavy atom. The summed E-state index contributed by atoms with van der Waals surface area (Å²) in [7, 11) is 0. The van der Waals surface area contributed by atoms with E-state index in [-0.39, 0.29) is 5.41 Å². The number of ether oxygens (including phenoxy) is 1. The Labute approximate surface area is 175 Å². The van der Waals surface area contributed by atoms with Crippen LogP contribution < -0.4 is 4.90 Å². The highest BCUT2D eigenvalue weighted by atomic mass is 16.5. The van der Waals surface area contributed by atoms with Crippen LogP contribution in [0.25, 0.3) is 0 Å². The van der Waals surface area contributed by atoms with Crippen molar-refractivity contribution in [3.63, 3.8) is 0 Å². The molecule has 1 amide bonds. The van der Waals surface area contributed by atoms with Gasteiger partial charge in [-0.05, 0) is 94.9 Å². The van der Waals surface area contributed by atoms with Gasteiger partial charge in [-0.1, -0.05) is 12.1 Å². The largest absolute Gasteiger partial charge is 0.381 e. The molecule has 1 aliphatic carbocycles. The van der Waals surface area contributed by atoms with Crippen molar-refractivity contribution in [1.82, 2.24) is 4.90 Å². The molecule has 0 radical (unpaired) electrons. The third-order valence-corrected chi connectivity index (χ3v) is 8.41. The number of amides is 1. The van der Waals surface area contributed by atoms with Gasteiger partial charge in [-0.25, -0.2) is 0 Å². The Bertz CT molecular complexity index is 717. The number of anilines is 1. The van der Waals surface area contributed by atoms with Crippen LogP contribution in [0.15, 0.2) is 24.3 Å². The number of nitrogens with zero attached hydrogens (tertiary/aromatic N) is 2. The lowest BCUT2D eigenvalue weighted by Crippen LogP contribution is -2.39. The maximum atomic E-state index is 13.1. The van der Waals surface area contributed by atoms with Gasteiger partial charge in [0.25, 0.3) is 0 Å². The summed E-state index contributed by atoms with van der Waals surface area (Å²) in [5, 5.41) is 0. The zero-order valence-electron chi connectivity index (χ0n) is 17.9. The predicted molar refractivity (Wildman–Crippen MR) is 116 cm³/mol. The van der Waals surface area contributed by atoms with Crippen LogP contribution in [0, 0.1) is 5.41 Å². The highest BCUT2D eigenvalue weighted by Gasteiger charge is 2.47. The molecule has 4 fully saturated rings. The molecule has 3 saturated heterocycles. The molecular weight excluding hydrogens is 360 g/mol. The zero-order chi connectivity index (χ0) is 19.8. The second-order valence-electron chi connectivity index (χ2n) is 9.93. The fourth-order valence-corrected chi connectivity index (χ4v) is 6.46. The van der Waals surface area contributed by atoms with Crippen molar-refractivity contribution in [2.45, 2.75) is 82.7 Å².